The third kappa shape index (κ3) is 4.06. The fraction of sp³-hybridized carbons (Fsp3) is 0.143. The molecule has 4 aromatic rings. The van der Waals surface area contributed by atoms with Crippen molar-refractivity contribution in [3.8, 4) is 0 Å². The van der Waals surface area contributed by atoms with Gasteiger partial charge in [-0.3, -0.25) is 0 Å². The van der Waals surface area contributed by atoms with Crippen LogP contribution in [-0.4, -0.2) is 10.2 Å². The lowest BCUT2D eigenvalue weighted by Crippen LogP contribution is -2.04. The predicted octanol–water partition coefficient (Wildman–Crippen LogP) is 5.33. The van der Waals surface area contributed by atoms with Gasteiger partial charge in [0.2, 0.25) is 5.89 Å². The van der Waals surface area contributed by atoms with Crippen molar-refractivity contribution in [3.05, 3.63) is 102 Å². The van der Waals surface area contributed by atoms with Gasteiger partial charge >= 0.3 is 0 Å². The monoisotopic (exact) mass is 362 g/mol. The van der Waals surface area contributed by atoms with E-state index >= 15 is 0 Å². The highest BCUT2D eigenvalue weighted by Gasteiger charge is 2.21. The quantitative estimate of drug-likeness (QED) is 0.416. The Bertz CT molecular complexity index is 921. The number of nitrogens with zero attached hydrogens (tertiary/aromatic N) is 2. The maximum absolute atomic E-state index is 5.85. The summed E-state index contributed by atoms with van der Waals surface area (Å²) in [6.45, 7) is 0. The third-order valence-electron chi connectivity index (χ3n) is 4.12. The van der Waals surface area contributed by atoms with Crippen LogP contribution in [-0.2, 0) is 12.2 Å². The summed E-state index contributed by atoms with van der Waals surface area (Å²) in [6.07, 6.45) is 2.30. The lowest BCUT2D eigenvalue weighted by molar-refractivity contribution is 0.395. The zero-order valence-electron chi connectivity index (χ0n) is 14.1. The Hall–Kier alpha value is -2.79. The third-order valence-corrected chi connectivity index (χ3v) is 5.01. The molecule has 5 heteroatoms. The van der Waals surface area contributed by atoms with Crippen LogP contribution in [0.4, 0.5) is 0 Å². The molecule has 1 atom stereocenters. The van der Waals surface area contributed by atoms with E-state index in [9.17, 15) is 0 Å². The molecule has 2 aromatic heterocycles. The van der Waals surface area contributed by atoms with Gasteiger partial charge in [-0.2, -0.15) is 0 Å². The molecule has 2 heterocycles. The summed E-state index contributed by atoms with van der Waals surface area (Å²) < 4.78 is 11.5. The molecule has 0 fully saturated rings. The van der Waals surface area contributed by atoms with Crippen LogP contribution in [0.2, 0.25) is 0 Å². The molecular weight excluding hydrogens is 344 g/mol. The first-order valence-electron chi connectivity index (χ1n) is 8.46. The van der Waals surface area contributed by atoms with Gasteiger partial charge in [0.25, 0.3) is 5.22 Å². The molecule has 0 unspecified atom stereocenters. The Morgan fingerprint density at radius 3 is 2.35 bits per heavy atom. The molecule has 0 amide bonds. The number of furan rings is 1. The summed E-state index contributed by atoms with van der Waals surface area (Å²) in [5.41, 5.74) is 2.40. The average Bonchev–Trinajstić information content (AvgIpc) is 3.38. The summed E-state index contributed by atoms with van der Waals surface area (Å²) in [7, 11) is 0. The zero-order valence-corrected chi connectivity index (χ0v) is 14.9. The number of aromatic nitrogens is 2. The molecule has 0 saturated carbocycles. The second-order valence-electron chi connectivity index (χ2n) is 5.92. The molecule has 0 radical (unpaired) electrons. The van der Waals surface area contributed by atoms with E-state index in [1.165, 1.54) is 11.1 Å². The van der Waals surface area contributed by atoms with Gasteiger partial charge in [-0.1, -0.05) is 72.4 Å². The van der Waals surface area contributed by atoms with Gasteiger partial charge in [-0.15, -0.1) is 10.2 Å². The zero-order chi connectivity index (χ0) is 17.6. The van der Waals surface area contributed by atoms with Gasteiger partial charge in [0, 0.05) is 12.2 Å². The van der Waals surface area contributed by atoms with Crippen molar-refractivity contribution in [2.75, 3.05) is 0 Å². The Morgan fingerprint density at radius 2 is 1.62 bits per heavy atom. The summed E-state index contributed by atoms with van der Waals surface area (Å²) >= 11 is 1.55. The second kappa shape index (κ2) is 8.06. The van der Waals surface area contributed by atoms with Gasteiger partial charge in [0.1, 0.15) is 5.76 Å². The van der Waals surface area contributed by atoms with Gasteiger partial charge < -0.3 is 8.83 Å². The molecule has 26 heavy (non-hydrogen) atoms. The normalized spacial score (nSPS) is 12.2. The van der Waals surface area contributed by atoms with Crippen LogP contribution in [0, 0.1) is 0 Å². The molecule has 2 aromatic carbocycles. The minimum Gasteiger partial charge on any atom is -0.469 e. The topological polar surface area (TPSA) is 52.1 Å². The largest absolute Gasteiger partial charge is 0.469 e. The Morgan fingerprint density at radius 1 is 0.846 bits per heavy atom. The first-order chi connectivity index (χ1) is 12.9. The van der Waals surface area contributed by atoms with Crippen LogP contribution in [0.15, 0.2) is 93.1 Å². The molecule has 4 nitrogen and oxygen atoms in total. The van der Waals surface area contributed by atoms with Gasteiger partial charge in [0.05, 0.1) is 12.2 Å². The van der Waals surface area contributed by atoms with E-state index in [4.69, 9.17) is 8.83 Å². The minimum absolute atomic E-state index is 0.0543. The van der Waals surface area contributed by atoms with E-state index in [0.717, 1.165) is 11.5 Å². The second-order valence-corrected chi connectivity index (χ2v) is 6.85. The maximum Gasteiger partial charge on any atom is 0.276 e. The van der Waals surface area contributed by atoms with Crippen LogP contribution in [0.25, 0.3) is 0 Å². The van der Waals surface area contributed by atoms with Crippen LogP contribution in [0.1, 0.15) is 28.7 Å². The summed E-state index contributed by atoms with van der Waals surface area (Å²) in [5, 5.41) is 8.99. The molecule has 0 saturated heterocycles. The number of hydrogen-bond acceptors (Lipinski definition) is 5. The Kier molecular flexibility index (Phi) is 5.17. The maximum atomic E-state index is 5.85. The van der Waals surface area contributed by atoms with Crippen molar-refractivity contribution in [2.24, 2.45) is 0 Å². The number of rotatable bonds is 7. The van der Waals surface area contributed by atoms with Crippen LogP contribution in [0.5, 0.6) is 0 Å². The molecule has 0 spiro atoms. The molecule has 0 aliphatic carbocycles. The number of benzene rings is 2. The Balaban J connectivity index is 1.47. The smallest absolute Gasteiger partial charge is 0.276 e. The van der Waals surface area contributed by atoms with Crippen molar-refractivity contribution < 1.29 is 8.83 Å². The highest BCUT2D eigenvalue weighted by molar-refractivity contribution is 7.98. The number of hydrogen-bond donors (Lipinski definition) is 0. The van der Waals surface area contributed by atoms with Crippen molar-refractivity contribution >= 4 is 11.8 Å². The SMILES string of the molecule is c1ccc(CSc2nnc(C[C@H](c3ccccc3)c3ccco3)o2)cc1. The van der Waals surface area contributed by atoms with E-state index in [1.54, 1.807) is 18.0 Å². The molecule has 4 rings (SSSR count). The van der Waals surface area contributed by atoms with Crippen molar-refractivity contribution in [3.63, 3.8) is 0 Å². The van der Waals surface area contributed by atoms with E-state index in [-0.39, 0.29) is 5.92 Å². The summed E-state index contributed by atoms with van der Waals surface area (Å²) in [4.78, 5) is 0. The lowest BCUT2D eigenvalue weighted by atomic mass is 9.93. The fourth-order valence-electron chi connectivity index (χ4n) is 2.83. The molecule has 130 valence electrons. The van der Waals surface area contributed by atoms with Crippen molar-refractivity contribution in [1.29, 1.82) is 0 Å². The van der Waals surface area contributed by atoms with E-state index in [2.05, 4.69) is 34.5 Å². The van der Waals surface area contributed by atoms with Crippen molar-refractivity contribution in [2.45, 2.75) is 23.3 Å². The highest BCUT2D eigenvalue weighted by Crippen LogP contribution is 2.29. The molecule has 0 N–H and O–H groups in total. The highest BCUT2D eigenvalue weighted by atomic mass is 32.2. The van der Waals surface area contributed by atoms with E-state index in [1.807, 2.05) is 48.5 Å². The number of thioether (sulfide) groups is 1. The van der Waals surface area contributed by atoms with Crippen LogP contribution >= 0.6 is 11.8 Å². The van der Waals surface area contributed by atoms with Crippen molar-refractivity contribution in [1.82, 2.24) is 10.2 Å². The van der Waals surface area contributed by atoms with E-state index in [0.29, 0.717) is 17.5 Å². The first-order valence-corrected chi connectivity index (χ1v) is 9.44. The standard InChI is InChI=1S/C21H18N2O2S/c1-3-8-16(9-4-1)15-26-21-23-22-20(25-21)14-18(19-12-7-13-24-19)17-10-5-2-6-11-17/h1-13,18H,14-15H2/t18-/m1/s1. The van der Waals surface area contributed by atoms with E-state index < -0.39 is 0 Å². The average molecular weight is 362 g/mol. The minimum atomic E-state index is 0.0543. The molecule has 0 aliphatic heterocycles. The van der Waals surface area contributed by atoms with Gasteiger partial charge in [-0.05, 0) is 23.3 Å². The lowest BCUT2D eigenvalue weighted by Gasteiger charge is -2.12. The molecule has 0 bridgehead atoms. The fourth-order valence-corrected chi connectivity index (χ4v) is 3.57. The summed E-state index contributed by atoms with van der Waals surface area (Å²) in [5.74, 6) is 2.38. The molecular formula is C21H18N2O2S. The van der Waals surface area contributed by atoms with Crippen LogP contribution in [0.3, 0.4) is 0 Å². The van der Waals surface area contributed by atoms with Gasteiger partial charge in [0.15, 0.2) is 0 Å². The predicted molar refractivity (Wildman–Crippen MR) is 101 cm³/mol. The first kappa shape index (κ1) is 16.7. The van der Waals surface area contributed by atoms with Gasteiger partial charge in [-0.25, -0.2) is 0 Å². The van der Waals surface area contributed by atoms with Crippen LogP contribution < -0.4 is 0 Å². The summed E-state index contributed by atoms with van der Waals surface area (Å²) in [6, 6.07) is 24.4. The Labute approximate surface area is 156 Å². The molecule has 0 aliphatic rings.